The Morgan fingerprint density at radius 1 is 1.15 bits per heavy atom. The van der Waals surface area contributed by atoms with E-state index in [0.717, 1.165) is 49.5 Å². The van der Waals surface area contributed by atoms with E-state index in [0.29, 0.717) is 12.6 Å². The number of aliphatic imine (C=N–C) groups is 1. The summed E-state index contributed by atoms with van der Waals surface area (Å²) in [7, 11) is 0. The van der Waals surface area contributed by atoms with E-state index in [-0.39, 0.29) is 12.5 Å². The third kappa shape index (κ3) is 7.33. The van der Waals surface area contributed by atoms with E-state index in [1.807, 2.05) is 13.8 Å². The molecule has 1 saturated heterocycles. The fourth-order valence-electron chi connectivity index (χ4n) is 3.00. The lowest BCUT2D eigenvalue weighted by atomic mass is 10.0. The number of hydrogen-bond acceptors (Lipinski definition) is 3. The van der Waals surface area contributed by atoms with E-state index in [1.54, 1.807) is 0 Å². The number of halogens is 1. The Morgan fingerprint density at radius 3 is 2.42 bits per heavy atom. The van der Waals surface area contributed by atoms with Crippen LogP contribution >= 0.6 is 15.9 Å². The van der Waals surface area contributed by atoms with Gasteiger partial charge in [-0.15, -0.1) is 0 Å². The van der Waals surface area contributed by atoms with Crippen LogP contribution in [0.2, 0.25) is 0 Å². The normalized spacial score (nSPS) is 16.3. The van der Waals surface area contributed by atoms with Crippen molar-refractivity contribution in [3.05, 3.63) is 34.3 Å². The molecule has 1 aromatic carbocycles. The minimum atomic E-state index is -0.0472. The van der Waals surface area contributed by atoms with Crippen LogP contribution < -0.4 is 16.0 Å². The molecule has 7 heteroatoms. The van der Waals surface area contributed by atoms with Gasteiger partial charge in [0.05, 0.1) is 0 Å². The van der Waals surface area contributed by atoms with E-state index in [2.05, 4.69) is 66.0 Å². The van der Waals surface area contributed by atoms with Crippen LogP contribution in [0, 0.1) is 0 Å². The molecular weight excluding hydrogens is 394 g/mol. The molecule has 3 N–H and O–H groups in total. The lowest BCUT2D eigenvalue weighted by molar-refractivity contribution is -0.119. The highest BCUT2D eigenvalue weighted by Gasteiger charge is 2.20. The number of amides is 1. The van der Waals surface area contributed by atoms with Crippen molar-refractivity contribution in [2.75, 3.05) is 32.7 Å². The summed E-state index contributed by atoms with van der Waals surface area (Å²) in [6.07, 6.45) is 2.14. The molecule has 0 radical (unpaired) electrons. The molecule has 1 fully saturated rings. The van der Waals surface area contributed by atoms with Gasteiger partial charge in [-0.05, 0) is 44.4 Å². The first-order chi connectivity index (χ1) is 12.6. The van der Waals surface area contributed by atoms with E-state index in [4.69, 9.17) is 0 Å². The van der Waals surface area contributed by atoms with Gasteiger partial charge in [0.2, 0.25) is 5.91 Å². The molecule has 2 rings (SSSR count). The quantitative estimate of drug-likeness (QED) is 0.463. The molecule has 0 atom stereocenters. The predicted molar refractivity (Wildman–Crippen MR) is 110 cm³/mol. The minimum absolute atomic E-state index is 0.0472. The summed E-state index contributed by atoms with van der Waals surface area (Å²) in [5, 5.41) is 9.46. The lowest BCUT2D eigenvalue weighted by Crippen LogP contribution is -2.48. The first-order valence-corrected chi connectivity index (χ1v) is 10.2. The van der Waals surface area contributed by atoms with Gasteiger partial charge in [-0.25, -0.2) is 4.99 Å². The molecule has 0 aliphatic carbocycles. The Bertz CT molecular complexity index is 582. The summed E-state index contributed by atoms with van der Waals surface area (Å²) < 4.78 is 1.12. The van der Waals surface area contributed by atoms with Crippen molar-refractivity contribution in [2.24, 2.45) is 4.99 Å². The maximum Gasteiger partial charge on any atom is 0.241 e. The number of guanidine groups is 1. The van der Waals surface area contributed by atoms with E-state index in [9.17, 15) is 4.79 Å². The summed E-state index contributed by atoms with van der Waals surface area (Å²) in [5.41, 5.74) is 1.34. The first kappa shape index (κ1) is 20.7. The summed E-state index contributed by atoms with van der Waals surface area (Å²) in [5.74, 6) is 0.680. The molecule has 1 amide bonds. The van der Waals surface area contributed by atoms with Crippen LogP contribution in [-0.2, 0) is 11.3 Å². The number of likely N-dealkylation sites (tertiary alicyclic amines) is 1. The summed E-state index contributed by atoms with van der Waals surface area (Å²) in [6, 6.07) is 8.93. The highest BCUT2D eigenvalue weighted by molar-refractivity contribution is 9.10. The van der Waals surface area contributed by atoms with Gasteiger partial charge in [0, 0.05) is 43.2 Å². The Morgan fingerprint density at radius 2 is 1.81 bits per heavy atom. The van der Waals surface area contributed by atoms with Crippen LogP contribution in [0.4, 0.5) is 0 Å². The van der Waals surface area contributed by atoms with Crippen LogP contribution in [0.3, 0.4) is 0 Å². The monoisotopic (exact) mass is 423 g/mol. The van der Waals surface area contributed by atoms with Crippen molar-refractivity contribution >= 4 is 27.8 Å². The van der Waals surface area contributed by atoms with Crippen molar-refractivity contribution in [2.45, 2.75) is 39.3 Å². The van der Waals surface area contributed by atoms with Gasteiger partial charge in [-0.3, -0.25) is 9.69 Å². The van der Waals surface area contributed by atoms with E-state index >= 15 is 0 Å². The highest BCUT2D eigenvalue weighted by Crippen LogP contribution is 2.16. The molecule has 1 aliphatic heterocycles. The minimum Gasteiger partial charge on any atom is -0.357 e. The summed E-state index contributed by atoms with van der Waals surface area (Å²) >= 11 is 3.48. The van der Waals surface area contributed by atoms with Gasteiger partial charge in [-0.1, -0.05) is 28.1 Å². The first-order valence-electron chi connectivity index (χ1n) is 9.39. The Labute approximate surface area is 165 Å². The Hall–Kier alpha value is -1.60. The number of nitrogens with one attached hydrogen (secondary N) is 3. The second-order valence-corrected chi connectivity index (χ2v) is 7.39. The van der Waals surface area contributed by atoms with Crippen LogP contribution in [0.1, 0.15) is 32.3 Å². The second kappa shape index (κ2) is 11.2. The molecule has 1 heterocycles. The SMILES string of the molecule is CCNC(=O)CN=C(NCC)NC1CCN(Cc2ccc(Br)cc2)CC1. The van der Waals surface area contributed by atoms with Gasteiger partial charge in [0.1, 0.15) is 6.54 Å². The number of benzene rings is 1. The zero-order valence-electron chi connectivity index (χ0n) is 15.7. The fourth-order valence-corrected chi connectivity index (χ4v) is 3.27. The number of rotatable bonds is 7. The average Bonchev–Trinajstić information content (AvgIpc) is 2.64. The van der Waals surface area contributed by atoms with Crippen molar-refractivity contribution in [1.29, 1.82) is 0 Å². The highest BCUT2D eigenvalue weighted by atomic mass is 79.9. The molecule has 0 spiro atoms. The molecule has 144 valence electrons. The van der Waals surface area contributed by atoms with Gasteiger partial charge in [-0.2, -0.15) is 0 Å². The van der Waals surface area contributed by atoms with Crippen molar-refractivity contribution in [1.82, 2.24) is 20.9 Å². The number of nitrogens with zero attached hydrogens (tertiary/aromatic N) is 2. The van der Waals surface area contributed by atoms with Gasteiger partial charge < -0.3 is 16.0 Å². The molecule has 0 unspecified atom stereocenters. The molecular formula is C19H30BrN5O. The summed E-state index contributed by atoms with van der Waals surface area (Å²) in [4.78, 5) is 18.5. The number of carbonyl (C=O) groups excluding carboxylic acids is 1. The Kier molecular flexibility index (Phi) is 8.91. The number of hydrogen-bond donors (Lipinski definition) is 3. The third-order valence-electron chi connectivity index (χ3n) is 4.35. The second-order valence-electron chi connectivity index (χ2n) is 6.47. The van der Waals surface area contributed by atoms with Crippen LogP contribution in [-0.4, -0.2) is 55.5 Å². The molecule has 0 aromatic heterocycles. The fraction of sp³-hybridized carbons (Fsp3) is 0.579. The van der Waals surface area contributed by atoms with Gasteiger partial charge in [0.25, 0.3) is 0 Å². The number of piperidine rings is 1. The lowest BCUT2D eigenvalue weighted by Gasteiger charge is -2.33. The maximum atomic E-state index is 11.6. The smallest absolute Gasteiger partial charge is 0.241 e. The molecule has 0 bridgehead atoms. The zero-order chi connectivity index (χ0) is 18.8. The van der Waals surface area contributed by atoms with E-state index in [1.165, 1.54) is 5.56 Å². The predicted octanol–water partition coefficient (Wildman–Crippen LogP) is 2.10. The van der Waals surface area contributed by atoms with Crippen molar-refractivity contribution in [3.8, 4) is 0 Å². The number of carbonyl (C=O) groups is 1. The van der Waals surface area contributed by atoms with Crippen LogP contribution in [0.15, 0.2) is 33.7 Å². The largest absolute Gasteiger partial charge is 0.357 e. The van der Waals surface area contributed by atoms with Crippen molar-refractivity contribution in [3.63, 3.8) is 0 Å². The third-order valence-corrected chi connectivity index (χ3v) is 4.88. The standard InChI is InChI=1S/C19H30BrN5O/c1-3-21-18(26)13-23-19(22-4-2)24-17-9-11-25(12-10-17)14-15-5-7-16(20)8-6-15/h5-8,17H,3-4,9-14H2,1-2H3,(H,21,26)(H2,22,23,24). The van der Waals surface area contributed by atoms with Gasteiger partial charge in [0.15, 0.2) is 5.96 Å². The molecule has 1 aromatic rings. The Balaban J connectivity index is 1.78. The molecule has 1 aliphatic rings. The van der Waals surface area contributed by atoms with Gasteiger partial charge >= 0.3 is 0 Å². The summed E-state index contributed by atoms with van der Waals surface area (Å²) in [6.45, 7) is 8.62. The van der Waals surface area contributed by atoms with E-state index < -0.39 is 0 Å². The average molecular weight is 424 g/mol. The molecule has 26 heavy (non-hydrogen) atoms. The molecule has 0 saturated carbocycles. The van der Waals surface area contributed by atoms with Crippen LogP contribution in [0.5, 0.6) is 0 Å². The van der Waals surface area contributed by atoms with Crippen LogP contribution in [0.25, 0.3) is 0 Å². The maximum absolute atomic E-state index is 11.6. The number of likely N-dealkylation sites (N-methyl/N-ethyl adjacent to an activating group) is 1. The van der Waals surface area contributed by atoms with Crippen molar-refractivity contribution < 1.29 is 4.79 Å². The zero-order valence-corrected chi connectivity index (χ0v) is 17.3. The topological polar surface area (TPSA) is 68.8 Å². The molecule has 6 nitrogen and oxygen atoms in total.